The lowest BCUT2D eigenvalue weighted by Gasteiger charge is -2.38. The van der Waals surface area contributed by atoms with E-state index >= 15 is 0 Å². The molecule has 1 aliphatic rings. The van der Waals surface area contributed by atoms with Gasteiger partial charge in [0.1, 0.15) is 17.2 Å². The number of hydrogen-bond donors (Lipinski definition) is 1. The number of ether oxygens (including phenoxy) is 1. The molecule has 2 heterocycles. The third-order valence-electron chi connectivity index (χ3n) is 5.53. The molecule has 3 aromatic rings. The van der Waals surface area contributed by atoms with E-state index in [1.54, 1.807) is 45.0 Å². The van der Waals surface area contributed by atoms with Gasteiger partial charge in [0.05, 0.1) is 18.0 Å². The topological polar surface area (TPSA) is 125 Å². The summed E-state index contributed by atoms with van der Waals surface area (Å²) < 4.78 is 5.53. The number of amides is 1. The maximum absolute atomic E-state index is 13.1. The van der Waals surface area contributed by atoms with Crippen molar-refractivity contribution in [1.82, 2.24) is 25.5 Å². The lowest BCUT2D eigenvalue weighted by molar-refractivity contribution is -0.155. The molecule has 1 aliphatic heterocycles. The van der Waals surface area contributed by atoms with Gasteiger partial charge in [0.15, 0.2) is 0 Å². The van der Waals surface area contributed by atoms with Crippen LogP contribution in [0.25, 0.3) is 10.9 Å². The Balaban J connectivity index is 1.46. The first-order valence-corrected chi connectivity index (χ1v) is 11.7. The Morgan fingerprint density at radius 3 is 2.53 bits per heavy atom. The molecule has 11 nitrogen and oxygen atoms in total. The van der Waals surface area contributed by atoms with Gasteiger partial charge in [-0.05, 0) is 61.4 Å². The Morgan fingerprint density at radius 2 is 1.78 bits per heavy atom. The number of benzene rings is 2. The Morgan fingerprint density at radius 1 is 1.06 bits per heavy atom. The van der Waals surface area contributed by atoms with Gasteiger partial charge < -0.3 is 9.57 Å². The zero-order valence-corrected chi connectivity index (χ0v) is 20.4. The summed E-state index contributed by atoms with van der Waals surface area (Å²) in [6.45, 7) is 5.71. The number of hydrogen-bond acceptors (Lipinski definition) is 9. The third-order valence-corrected chi connectivity index (χ3v) is 5.53. The highest BCUT2D eigenvalue weighted by Crippen LogP contribution is 2.22. The first-order valence-electron chi connectivity index (χ1n) is 11.7. The van der Waals surface area contributed by atoms with Crippen LogP contribution in [0.3, 0.4) is 0 Å². The van der Waals surface area contributed by atoms with Gasteiger partial charge in [-0.1, -0.05) is 42.5 Å². The number of rotatable bonds is 6. The monoisotopic (exact) mass is 495 g/mol. The van der Waals surface area contributed by atoms with E-state index in [-0.39, 0.29) is 24.4 Å². The molecule has 36 heavy (non-hydrogen) atoms. The van der Waals surface area contributed by atoms with E-state index in [1.807, 2.05) is 30.3 Å². The van der Waals surface area contributed by atoms with E-state index in [0.717, 1.165) is 5.56 Å². The predicted octanol–water partition coefficient (Wildman–Crippen LogP) is 2.24. The molecule has 0 bridgehead atoms. The van der Waals surface area contributed by atoms with E-state index in [9.17, 15) is 14.4 Å². The fraction of sp³-hybridized carbons (Fsp3) is 0.400. The lowest BCUT2D eigenvalue weighted by atomic mass is 9.99. The van der Waals surface area contributed by atoms with Crippen molar-refractivity contribution < 1.29 is 24.0 Å². The molecule has 1 N–H and O–H groups in total. The molecule has 190 valence electrons. The van der Waals surface area contributed by atoms with Crippen LogP contribution in [0.15, 0.2) is 59.4 Å². The second-order valence-corrected chi connectivity index (χ2v) is 9.51. The molecular weight excluding hydrogens is 466 g/mol. The number of hydroxylamine groups is 1. The van der Waals surface area contributed by atoms with Crippen LogP contribution in [0.2, 0.25) is 0 Å². The quantitative estimate of drug-likeness (QED) is 0.405. The molecule has 1 amide bonds. The van der Waals surface area contributed by atoms with Gasteiger partial charge >= 0.3 is 17.6 Å². The highest BCUT2D eigenvalue weighted by Gasteiger charge is 2.40. The second kappa shape index (κ2) is 10.8. The van der Waals surface area contributed by atoms with Gasteiger partial charge in [-0.25, -0.2) is 9.59 Å². The summed E-state index contributed by atoms with van der Waals surface area (Å²) in [5, 5.41) is 7.87. The minimum absolute atomic E-state index is 0.141. The average molecular weight is 496 g/mol. The zero-order chi connectivity index (χ0) is 25.7. The molecule has 4 rings (SSSR count). The summed E-state index contributed by atoms with van der Waals surface area (Å²) in [5.74, 6) is -0.809. The van der Waals surface area contributed by atoms with Gasteiger partial charge in [0.2, 0.25) is 0 Å². The van der Waals surface area contributed by atoms with Crippen molar-refractivity contribution in [3.05, 3.63) is 70.5 Å². The number of piperidine rings is 1. The van der Waals surface area contributed by atoms with Crippen LogP contribution in [-0.4, -0.2) is 56.3 Å². The molecule has 0 aliphatic carbocycles. The molecule has 1 saturated heterocycles. The average Bonchev–Trinajstić information content (AvgIpc) is 2.85. The molecule has 2 aromatic carbocycles. The Labute approximate surface area is 207 Å². The fourth-order valence-electron chi connectivity index (χ4n) is 3.83. The summed E-state index contributed by atoms with van der Waals surface area (Å²) in [7, 11) is 0. The number of likely N-dealkylation sites (tertiary alicyclic amines) is 1. The minimum atomic E-state index is -0.979. The molecule has 0 spiro atoms. The van der Waals surface area contributed by atoms with Crippen molar-refractivity contribution in [2.24, 2.45) is 0 Å². The number of fused-ring (bicyclic) bond motifs is 1. The van der Waals surface area contributed by atoms with E-state index < -0.39 is 29.3 Å². The Bertz CT molecular complexity index is 1270. The second-order valence-electron chi connectivity index (χ2n) is 9.51. The molecule has 11 heteroatoms. The fourth-order valence-corrected chi connectivity index (χ4v) is 3.83. The van der Waals surface area contributed by atoms with Crippen LogP contribution in [0, 0.1) is 0 Å². The van der Waals surface area contributed by atoms with E-state index in [2.05, 4.69) is 15.8 Å². The van der Waals surface area contributed by atoms with Crippen molar-refractivity contribution in [1.29, 1.82) is 0 Å². The number of nitrogens with zero attached hydrogens (tertiary/aromatic N) is 4. The van der Waals surface area contributed by atoms with Gasteiger partial charge in [-0.3, -0.25) is 14.5 Å². The van der Waals surface area contributed by atoms with E-state index in [4.69, 9.17) is 14.4 Å². The summed E-state index contributed by atoms with van der Waals surface area (Å²) in [6.07, 6.45) is 0.114. The number of carbonyl (C=O) groups is 2. The summed E-state index contributed by atoms with van der Waals surface area (Å²) in [5.41, 5.74) is 2.96. The van der Waals surface area contributed by atoms with E-state index in [1.165, 1.54) is 4.90 Å². The zero-order valence-electron chi connectivity index (χ0n) is 20.4. The normalized spacial score (nSPS) is 18.1. The molecule has 1 fully saturated rings. The summed E-state index contributed by atoms with van der Waals surface area (Å²) in [4.78, 5) is 51.5. The molecular formula is C25H29N5O6. The largest absolute Gasteiger partial charge is 0.444 e. The highest BCUT2D eigenvalue weighted by molar-refractivity contribution is 5.82. The number of nitrogens with one attached hydrogen (secondary N) is 1. The first-order chi connectivity index (χ1) is 17.2. The van der Waals surface area contributed by atoms with Crippen LogP contribution in [0.4, 0.5) is 4.79 Å². The molecule has 2 atom stereocenters. The molecule has 0 unspecified atom stereocenters. The van der Waals surface area contributed by atoms with Crippen LogP contribution in [-0.2, 0) is 21.0 Å². The van der Waals surface area contributed by atoms with Crippen molar-refractivity contribution >= 4 is 23.0 Å². The van der Waals surface area contributed by atoms with E-state index in [0.29, 0.717) is 23.4 Å². The Kier molecular flexibility index (Phi) is 7.61. The summed E-state index contributed by atoms with van der Waals surface area (Å²) in [6, 6.07) is 15.0. The third kappa shape index (κ3) is 6.23. The van der Waals surface area contributed by atoms with Gasteiger partial charge in [0.25, 0.3) is 0 Å². The maximum Gasteiger partial charge on any atom is 0.411 e. The molecule has 0 radical (unpaired) electrons. The van der Waals surface area contributed by atoms with Crippen LogP contribution >= 0.6 is 0 Å². The smallest absolute Gasteiger partial charge is 0.411 e. The molecule has 0 saturated carbocycles. The van der Waals surface area contributed by atoms with Gasteiger partial charge in [-0.2, -0.15) is 5.48 Å². The van der Waals surface area contributed by atoms with Crippen molar-refractivity contribution in [3.8, 4) is 0 Å². The van der Waals surface area contributed by atoms with Crippen molar-refractivity contribution in [2.75, 3.05) is 6.54 Å². The van der Waals surface area contributed by atoms with Crippen LogP contribution < -0.4 is 15.9 Å². The van der Waals surface area contributed by atoms with Crippen LogP contribution in [0.1, 0.15) is 39.2 Å². The van der Waals surface area contributed by atoms with Gasteiger partial charge in [0, 0.05) is 6.54 Å². The van der Waals surface area contributed by atoms with Crippen molar-refractivity contribution in [3.63, 3.8) is 0 Å². The van der Waals surface area contributed by atoms with Gasteiger partial charge in [-0.15, -0.1) is 5.10 Å². The van der Waals surface area contributed by atoms with Crippen molar-refractivity contribution in [2.45, 2.75) is 57.9 Å². The highest BCUT2D eigenvalue weighted by atomic mass is 16.7. The maximum atomic E-state index is 13.1. The van der Waals surface area contributed by atoms with Crippen LogP contribution in [0.5, 0.6) is 0 Å². The molecule has 1 aromatic heterocycles. The SMILES string of the molecule is CC(C)(C)OC(=O)N1C[C@H](NOCc2ccccc2)CC[C@H]1C(=O)On1nnc2ccccc2c1=O. The number of aromatic nitrogens is 3. The standard InChI is InChI=1S/C25H29N5O6/c1-25(2,3)35-24(33)29-15-18(27-34-16-17-9-5-4-6-10-17)13-14-21(29)23(32)36-30-22(31)19-11-7-8-12-20(19)26-28-30/h4-12,18,21,27H,13-16H2,1-3H3/t18-,21+/m1/s1. The predicted molar refractivity (Wildman–Crippen MR) is 130 cm³/mol. The summed E-state index contributed by atoms with van der Waals surface area (Å²) >= 11 is 0. The Hall–Kier alpha value is -3.83. The number of carbonyl (C=O) groups excluding carboxylic acids is 2. The first kappa shape index (κ1) is 25.3. The lowest BCUT2D eigenvalue weighted by Crippen LogP contribution is -2.58. The minimum Gasteiger partial charge on any atom is -0.444 e.